The van der Waals surface area contributed by atoms with E-state index >= 15 is 0 Å². The second-order valence-corrected chi connectivity index (χ2v) is 4.56. The Morgan fingerprint density at radius 2 is 1.90 bits per heavy atom. The van der Waals surface area contributed by atoms with Crippen molar-refractivity contribution in [3.05, 3.63) is 30.1 Å². The fourth-order valence-corrected chi connectivity index (χ4v) is 2.21. The maximum absolute atomic E-state index is 5.84. The molecule has 0 aliphatic carbocycles. The van der Waals surface area contributed by atoms with Crippen LogP contribution in [0.4, 0.5) is 0 Å². The van der Waals surface area contributed by atoms with Crippen LogP contribution in [0.2, 0.25) is 0 Å². The van der Waals surface area contributed by atoms with E-state index in [2.05, 4.69) is 12.0 Å². The first kappa shape index (κ1) is 14.4. The molecule has 0 unspecified atom stereocenters. The molecule has 0 aliphatic heterocycles. The van der Waals surface area contributed by atoms with Gasteiger partial charge in [-0.3, -0.25) is 4.68 Å². The summed E-state index contributed by atoms with van der Waals surface area (Å²) in [7, 11) is 3.25. The molecule has 1 heterocycles. The predicted octanol–water partition coefficient (Wildman–Crippen LogP) is 2.44. The fourth-order valence-electron chi connectivity index (χ4n) is 2.21. The normalized spacial score (nSPS) is 10.6. The molecule has 20 heavy (non-hydrogen) atoms. The van der Waals surface area contributed by atoms with Crippen molar-refractivity contribution in [2.75, 3.05) is 14.2 Å². The smallest absolute Gasteiger partial charge is 0.161 e. The molecular weight excluding hydrogens is 254 g/mol. The van der Waals surface area contributed by atoms with Crippen molar-refractivity contribution in [1.82, 2.24) is 9.78 Å². The Morgan fingerprint density at radius 3 is 2.50 bits per heavy atom. The van der Waals surface area contributed by atoms with Gasteiger partial charge in [-0.2, -0.15) is 5.10 Å². The summed E-state index contributed by atoms with van der Waals surface area (Å²) in [6.07, 6.45) is 4.94. The van der Waals surface area contributed by atoms with Crippen LogP contribution in [-0.2, 0) is 13.1 Å². The minimum absolute atomic E-state index is 0.439. The van der Waals surface area contributed by atoms with E-state index in [9.17, 15) is 0 Å². The van der Waals surface area contributed by atoms with Gasteiger partial charge in [-0.1, -0.05) is 6.92 Å². The lowest BCUT2D eigenvalue weighted by Gasteiger charge is -2.13. The average molecular weight is 275 g/mol. The summed E-state index contributed by atoms with van der Waals surface area (Å²) in [6, 6.07) is 3.87. The van der Waals surface area contributed by atoms with Gasteiger partial charge in [0.05, 0.1) is 20.4 Å². The van der Waals surface area contributed by atoms with Crippen molar-refractivity contribution < 1.29 is 9.47 Å². The Kier molecular flexibility index (Phi) is 4.63. The SMILES string of the molecule is CCCn1cc(-c2cc(OC)c(OC)cc2CN)cn1. The largest absolute Gasteiger partial charge is 0.493 e. The average Bonchev–Trinajstić information content (AvgIpc) is 2.94. The Bertz CT molecular complexity index is 578. The molecule has 1 aromatic carbocycles. The topological polar surface area (TPSA) is 62.3 Å². The van der Waals surface area contributed by atoms with Gasteiger partial charge >= 0.3 is 0 Å². The summed E-state index contributed by atoms with van der Waals surface area (Å²) in [5, 5.41) is 4.36. The third-order valence-corrected chi connectivity index (χ3v) is 3.23. The molecule has 1 aromatic heterocycles. The van der Waals surface area contributed by atoms with Crippen LogP contribution in [0.3, 0.4) is 0 Å². The molecule has 2 N–H and O–H groups in total. The van der Waals surface area contributed by atoms with Gasteiger partial charge < -0.3 is 15.2 Å². The van der Waals surface area contributed by atoms with E-state index in [0.717, 1.165) is 29.7 Å². The molecule has 5 heteroatoms. The Hall–Kier alpha value is -2.01. The molecule has 0 amide bonds. The quantitative estimate of drug-likeness (QED) is 0.879. The number of nitrogens with zero attached hydrogens (tertiary/aromatic N) is 2. The van der Waals surface area contributed by atoms with Crippen LogP contribution in [0.25, 0.3) is 11.1 Å². The van der Waals surface area contributed by atoms with Gasteiger partial charge in [0.1, 0.15) is 0 Å². The van der Waals surface area contributed by atoms with Crippen molar-refractivity contribution in [2.45, 2.75) is 26.4 Å². The molecule has 0 saturated carbocycles. The molecule has 2 rings (SSSR count). The van der Waals surface area contributed by atoms with Crippen LogP contribution in [-0.4, -0.2) is 24.0 Å². The van der Waals surface area contributed by atoms with Crippen LogP contribution in [0.5, 0.6) is 11.5 Å². The van der Waals surface area contributed by atoms with Crippen LogP contribution in [0.15, 0.2) is 24.5 Å². The highest BCUT2D eigenvalue weighted by Crippen LogP contribution is 2.35. The molecule has 0 fully saturated rings. The lowest BCUT2D eigenvalue weighted by atomic mass is 10.0. The molecule has 0 atom stereocenters. The number of methoxy groups -OCH3 is 2. The number of rotatable bonds is 6. The molecule has 2 aromatic rings. The van der Waals surface area contributed by atoms with E-state index in [-0.39, 0.29) is 0 Å². The number of aryl methyl sites for hydroxylation is 1. The molecule has 0 radical (unpaired) electrons. The highest BCUT2D eigenvalue weighted by molar-refractivity contribution is 5.70. The first-order chi connectivity index (χ1) is 9.73. The highest BCUT2D eigenvalue weighted by atomic mass is 16.5. The molecular formula is C15H21N3O2. The molecule has 108 valence electrons. The number of hydrogen-bond donors (Lipinski definition) is 1. The van der Waals surface area contributed by atoms with Gasteiger partial charge in [0.15, 0.2) is 11.5 Å². The summed E-state index contributed by atoms with van der Waals surface area (Å²) in [5.41, 5.74) is 8.93. The Morgan fingerprint density at radius 1 is 1.20 bits per heavy atom. The van der Waals surface area contributed by atoms with Crippen LogP contribution in [0.1, 0.15) is 18.9 Å². The summed E-state index contributed by atoms with van der Waals surface area (Å²) in [4.78, 5) is 0. The van der Waals surface area contributed by atoms with E-state index < -0.39 is 0 Å². The van der Waals surface area contributed by atoms with Crippen LogP contribution in [0, 0.1) is 0 Å². The molecule has 0 bridgehead atoms. The van der Waals surface area contributed by atoms with Crippen molar-refractivity contribution in [2.24, 2.45) is 5.73 Å². The fraction of sp³-hybridized carbons (Fsp3) is 0.400. The maximum Gasteiger partial charge on any atom is 0.161 e. The Balaban J connectivity index is 2.47. The Labute approximate surface area is 119 Å². The number of benzene rings is 1. The van der Waals surface area contributed by atoms with Gasteiger partial charge in [0.25, 0.3) is 0 Å². The predicted molar refractivity (Wildman–Crippen MR) is 78.9 cm³/mol. The molecule has 0 aliphatic rings. The van der Waals surface area contributed by atoms with Gasteiger partial charge in [0.2, 0.25) is 0 Å². The van der Waals surface area contributed by atoms with E-state index in [1.54, 1.807) is 14.2 Å². The summed E-state index contributed by atoms with van der Waals surface area (Å²) >= 11 is 0. The summed E-state index contributed by atoms with van der Waals surface area (Å²) in [6.45, 7) is 3.48. The number of hydrogen-bond acceptors (Lipinski definition) is 4. The van der Waals surface area contributed by atoms with Crippen LogP contribution >= 0.6 is 0 Å². The number of aromatic nitrogens is 2. The highest BCUT2D eigenvalue weighted by Gasteiger charge is 2.13. The first-order valence-corrected chi connectivity index (χ1v) is 6.71. The van der Waals surface area contributed by atoms with Gasteiger partial charge in [0, 0.05) is 24.8 Å². The van der Waals surface area contributed by atoms with Gasteiger partial charge in [-0.05, 0) is 29.7 Å². The number of nitrogens with two attached hydrogens (primary N) is 1. The minimum atomic E-state index is 0.439. The zero-order valence-corrected chi connectivity index (χ0v) is 12.2. The van der Waals surface area contributed by atoms with Gasteiger partial charge in [-0.25, -0.2) is 0 Å². The molecule has 5 nitrogen and oxygen atoms in total. The van der Waals surface area contributed by atoms with E-state index in [0.29, 0.717) is 18.0 Å². The minimum Gasteiger partial charge on any atom is -0.493 e. The standard InChI is InChI=1S/C15H21N3O2/c1-4-5-18-10-12(9-17-18)13-7-15(20-3)14(19-2)6-11(13)8-16/h6-7,9-10H,4-5,8,16H2,1-3H3. The van der Waals surface area contributed by atoms with Crippen molar-refractivity contribution >= 4 is 0 Å². The van der Waals surface area contributed by atoms with Crippen molar-refractivity contribution in [3.8, 4) is 22.6 Å². The van der Waals surface area contributed by atoms with E-state index in [1.807, 2.05) is 29.2 Å². The second kappa shape index (κ2) is 6.43. The third-order valence-electron chi connectivity index (χ3n) is 3.23. The molecule has 0 spiro atoms. The van der Waals surface area contributed by atoms with Crippen molar-refractivity contribution in [3.63, 3.8) is 0 Å². The zero-order chi connectivity index (χ0) is 14.5. The van der Waals surface area contributed by atoms with Crippen molar-refractivity contribution in [1.29, 1.82) is 0 Å². The van der Waals surface area contributed by atoms with Gasteiger partial charge in [-0.15, -0.1) is 0 Å². The summed E-state index contributed by atoms with van der Waals surface area (Å²) < 4.78 is 12.6. The maximum atomic E-state index is 5.84. The second-order valence-electron chi connectivity index (χ2n) is 4.56. The monoisotopic (exact) mass is 275 g/mol. The lowest BCUT2D eigenvalue weighted by molar-refractivity contribution is 0.354. The third kappa shape index (κ3) is 2.77. The zero-order valence-electron chi connectivity index (χ0n) is 12.2. The lowest BCUT2D eigenvalue weighted by Crippen LogP contribution is -2.01. The number of ether oxygens (including phenoxy) is 2. The van der Waals surface area contributed by atoms with Crippen LogP contribution < -0.4 is 15.2 Å². The van der Waals surface area contributed by atoms with E-state index in [1.165, 1.54) is 0 Å². The molecule has 0 saturated heterocycles. The first-order valence-electron chi connectivity index (χ1n) is 6.71. The summed E-state index contributed by atoms with van der Waals surface area (Å²) in [5.74, 6) is 1.39. The van der Waals surface area contributed by atoms with E-state index in [4.69, 9.17) is 15.2 Å².